The third-order valence-electron chi connectivity index (χ3n) is 3.05. The molecule has 2 atom stereocenters. The average molecular weight is 182 g/mol. The lowest BCUT2D eigenvalue weighted by Gasteiger charge is -2.28. The molecule has 1 N–H and O–H groups in total. The van der Waals surface area contributed by atoms with E-state index in [9.17, 15) is 4.79 Å². The van der Waals surface area contributed by atoms with E-state index in [0.717, 1.165) is 13.0 Å². The Labute approximate surface area is 79.5 Å². The summed E-state index contributed by atoms with van der Waals surface area (Å²) in [5, 5.41) is 3.25. The van der Waals surface area contributed by atoms with Crippen molar-refractivity contribution >= 4 is 5.91 Å². The zero-order valence-electron chi connectivity index (χ0n) is 8.42. The summed E-state index contributed by atoms with van der Waals surface area (Å²) >= 11 is 0. The number of hydrogen-bond acceptors (Lipinski definition) is 2. The maximum absolute atomic E-state index is 11.9. The van der Waals surface area contributed by atoms with Gasteiger partial charge >= 0.3 is 0 Å². The molecule has 1 saturated heterocycles. The van der Waals surface area contributed by atoms with Crippen molar-refractivity contribution in [3.8, 4) is 0 Å². The normalized spacial score (nSPS) is 36.2. The van der Waals surface area contributed by atoms with Gasteiger partial charge in [-0.05, 0) is 39.7 Å². The van der Waals surface area contributed by atoms with Gasteiger partial charge in [-0.3, -0.25) is 4.79 Å². The summed E-state index contributed by atoms with van der Waals surface area (Å²) in [6, 6.07) is 1.01. The van der Waals surface area contributed by atoms with Gasteiger partial charge in [0.05, 0.1) is 6.04 Å². The lowest BCUT2D eigenvalue weighted by molar-refractivity contribution is -0.134. The Kier molecular flexibility index (Phi) is 2.28. The largest absolute Gasteiger partial charge is 0.336 e. The fourth-order valence-electron chi connectivity index (χ4n) is 2.07. The van der Waals surface area contributed by atoms with E-state index in [4.69, 9.17) is 0 Å². The highest BCUT2D eigenvalue weighted by molar-refractivity contribution is 5.82. The molecule has 1 heterocycles. The number of carbonyl (C=O) groups excluding carboxylic acids is 1. The predicted molar refractivity (Wildman–Crippen MR) is 51.4 cm³/mol. The first kappa shape index (κ1) is 9.00. The summed E-state index contributed by atoms with van der Waals surface area (Å²) < 4.78 is 0. The SMILES string of the molecule is CC1NCCC(C)N(C2CC2)C1=O. The Bertz CT molecular complexity index is 213. The number of amides is 1. The minimum absolute atomic E-state index is 0.0190. The fraction of sp³-hybridized carbons (Fsp3) is 0.900. The lowest BCUT2D eigenvalue weighted by Crippen LogP contribution is -2.45. The van der Waals surface area contributed by atoms with E-state index >= 15 is 0 Å². The van der Waals surface area contributed by atoms with E-state index in [1.54, 1.807) is 0 Å². The molecule has 74 valence electrons. The van der Waals surface area contributed by atoms with E-state index in [2.05, 4.69) is 17.1 Å². The van der Waals surface area contributed by atoms with Crippen LogP contribution >= 0.6 is 0 Å². The first-order valence-electron chi connectivity index (χ1n) is 5.25. The van der Waals surface area contributed by atoms with Crippen molar-refractivity contribution in [2.24, 2.45) is 0 Å². The smallest absolute Gasteiger partial charge is 0.239 e. The minimum atomic E-state index is 0.0190. The Morgan fingerprint density at radius 2 is 2.00 bits per heavy atom. The van der Waals surface area contributed by atoms with Crippen molar-refractivity contribution in [2.45, 2.75) is 51.2 Å². The van der Waals surface area contributed by atoms with E-state index in [0.29, 0.717) is 18.0 Å². The minimum Gasteiger partial charge on any atom is -0.336 e. The highest BCUT2D eigenvalue weighted by Crippen LogP contribution is 2.30. The van der Waals surface area contributed by atoms with Gasteiger partial charge in [0, 0.05) is 12.1 Å². The first-order chi connectivity index (χ1) is 6.20. The second-order valence-corrected chi connectivity index (χ2v) is 4.29. The van der Waals surface area contributed by atoms with Crippen molar-refractivity contribution in [3.63, 3.8) is 0 Å². The molecule has 1 aliphatic heterocycles. The van der Waals surface area contributed by atoms with Crippen LogP contribution in [0.2, 0.25) is 0 Å². The molecule has 1 amide bonds. The van der Waals surface area contributed by atoms with Crippen LogP contribution < -0.4 is 5.32 Å². The molecule has 2 rings (SSSR count). The summed E-state index contributed by atoms with van der Waals surface area (Å²) in [5.41, 5.74) is 0. The Morgan fingerprint density at radius 3 is 2.62 bits per heavy atom. The fourth-order valence-corrected chi connectivity index (χ4v) is 2.07. The van der Waals surface area contributed by atoms with Crippen molar-refractivity contribution in [1.82, 2.24) is 10.2 Å². The van der Waals surface area contributed by atoms with Gasteiger partial charge in [0.15, 0.2) is 0 Å². The monoisotopic (exact) mass is 182 g/mol. The van der Waals surface area contributed by atoms with E-state index in [-0.39, 0.29) is 6.04 Å². The second-order valence-electron chi connectivity index (χ2n) is 4.29. The molecule has 0 aromatic heterocycles. The number of nitrogens with one attached hydrogen (secondary N) is 1. The van der Waals surface area contributed by atoms with E-state index in [1.165, 1.54) is 12.8 Å². The third-order valence-corrected chi connectivity index (χ3v) is 3.05. The van der Waals surface area contributed by atoms with Crippen molar-refractivity contribution in [2.75, 3.05) is 6.54 Å². The molecule has 1 aliphatic carbocycles. The van der Waals surface area contributed by atoms with Crippen molar-refractivity contribution in [3.05, 3.63) is 0 Å². The quantitative estimate of drug-likeness (QED) is 0.649. The third kappa shape index (κ3) is 1.70. The molecule has 1 saturated carbocycles. The summed E-state index contributed by atoms with van der Waals surface area (Å²) in [5.74, 6) is 0.299. The van der Waals surface area contributed by atoms with Crippen molar-refractivity contribution in [1.29, 1.82) is 0 Å². The molecule has 3 nitrogen and oxygen atoms in total. The van der Waals surface area contributed by atoms with Crippen LogP contribution in [0.3, 0.4) is 0 Å². The van der Waals surface area contributed by atoms with Crippen LogP contribution in [0.15, 0.2) is 0 Å². The topological polar surface area (TPSA) is 32.3 Å². The Balaban J connectivity index is 2.12. The summed E-state index contributed by atoms with van der Waals surface area (Å²) in [4.78, 5) is 14.0. The molecule has 2 unspecified atom stereocenters. The number of carbonyl (C=O) groups is 1. The predicted octanol–water partition coefficient (Wildman–Crippen LogP) is 0.748. The summed E-state index contributed by atoms with van der Waals surface area (Å²) in [6.07, 6.45) is 3.51. The molecule has 0 bridgehead atoms. The van der Waals surface area contributed by atoms with Gasteiger partial charge in [-0.1, -0.05) is 0 Å². The maximum Gasteiger partial charge on any atom is 0.239 e. The van der Waals surface area contributed by atoms with Crippen LogP contribution in [0, 0.1) is 0 Å². The second kappa shape index (κ2) is 3.29. The molecule has 0 aromatic rings. The molecular weight excluding hydrogens is 164 g/mol. The van der Waals surface area contributed by atoms with Gasteiger partial charge in [-0.25, -0.2) is 0 Å². The summed E-state index contributed by atoms with van der Waals surface area (Å²) in [7, 11) is 0. The average Bonchev–Trinajstić information content (AvgIpc) is 2.87. The number of hydrogen-bond donors (Lipinski definition) is 1. The van der Waals surface area contributed by atoms with Crippen molar-refractivity contribution < 1.29 is 4.79 Å². The van der Waals surface area contributed by atoms with Gasteiger partial charge in [-0.2, -0.15) is 0 Å². The molecule has 2 fully saturated rings. The standard InChI is InChI=1S/C10H18N2O/c1-7-5-6-11-8(2)10(13)12(7)9-3-4-9/h7-9,11H,3-6H2,1-2H3. The van der Waals surface area contributed by atoms with Gasteiger partial charge < -0.3 is 10.2 Å². The Morgan fingerprint density at radius 1 is 1.31 bits per heavy atom. The Hall–Kier alpha value is -0.570. The molecule has 0 aromatic carbocycles. The zero-order chi connectivity index (χ0) is 9.42. The first-order valence-corrected chi connectivity index (χ1v) is 5.25. The van der Waals surface area contributed by atoms with Crippen LogP contribution in [-0.4, -0.2) is 35.5 Å². The van der Waals surface area contributed by atoms with E-state index < -0.39 is 0 Å². The highest BCUT2D eigenvalue weighted by atomic mass is 16.2. The maximum atomic E-state index is 11.9. The zero-order valence-corrected chi connectivity index (χ0v) is 8.42. The number of nitrogens with zero attached hydrogens (tertiary/aromatic N) is 1. The van der Waals surface area contributed by atoms with Gasteiger partial charge in [-0.15, -0.1) is 0 Å². The molecule has 3 heteroatoms. The van der Waals surface area contributed by atoms with Crippen LogP contribution in [0.25, 0.3) is 0 Å². The van der Waals surface area contributed by atoms with Gasteiger partial charge in [0.1, 0.15) is 0 Å². The van der Waals surface area contributed by atoms with E-state index in [1.807, 2.05) is 6.92 Å². The highest BCUT2D eigenvalue weighted by Gasteiger charge is 2.38. The van der Waals surface area contributed by atoms with Crippen LogP contribution in [0.1, 0.15) is 33.1 Å². The molecule has 0 radical (unpaired) electrons. The molecular formula is C10H18N2O. The lowest BCUT2D eigenvalue weighted by atomic mass is 10.2. The number of rotatable bonds is 1. The molecule has 13 heavy (non-hydrogen) atoms. The van der Waals surface area contributed by atoms with Gasteiger partial charge in [0.2, 0.25) is 5.91 Å². The van der Waals surface area contributed by atoms with Crippen LogP contribution in [0.4, 0.5) is 0 Å². The summed E-state index contributed by atoms with van der Waals surface area (Å²) in [6.45, 7) is 5.10. The van der Waals surface area contributed by atoms with Gasteiger partial charge in [0.25, 0.3) is 0 Å². The molecule has 2 aliphatic rings. The van der Waals surface area contributed by atoms with Crippen LogP contribution in [-0.2, 0) is 4.79 Å². The molecule has 0 spiro atoms. The van der Waals surface area contributed by atoms with Crippen LogP contribution in [0.5, 0.6) is 0 Å².